The number of hydrogen-bond donors (Lipinski definition) is 1. The van der Waals surface area contributed by atoms with Crippen LogP contribution in [-0.4, -0.2) is 37.6 Å². The summed E-state index contributed by atoms with van der Waals surface area (Å²) in [6.07, 6.45) is 2.06. The van der Waals surface area contributed by atoms with E-state index in [4.69, 9.17) is 5.73 Å². The number of anilines is 1. The van der Waals surface area contributed by atoms with Gasteiger partial charge in [-0.1, -0.05) is 0 Å². The van der Waals surface area contributed by atoms with Crippen LogP contribution in [0.1, 0.15) is 28.6 Å². The van der Waals surface area contributed by atoms with E-state index in [1.165, 1.54) is 11.3 Å². The highest BCUT2D eigenvalue weighted by atomic mass is 32.1. The normalized spacial score (nSPS) is 13.5. The van der Waals surface area contributed by atoms with E-state index < -0.39 is 0 Å². The Labute approximate surface area is 114 Å². The Hall–Kier alpha value is -1.96. The lowest BCUT2D eigenvalue weighted by molar-refractivity contribution is 0.0775. The van der Waals surface area contributed by atoms with Gasteiger partial charge < -0.3 is 15.2 Å². The molecular weight excluding hydrogens is 264 g/mol. The molecule has 3 rings (SSSR count). The fourth-order valence-corrected chi connectivity index (χ4v) is 2.73. The highest BCUT2D eigenvalue weighted by molar-refractivity contribution is 7.13. The Morgan fingerprint density at radius 1 is 1.58 bits per heavy atom. The van der Waals surface area contributed by atoms with Crippen molar-refractivity contribution in [1.29, 1.82) is 0 Å². The van der Waals surface area contributed by atoms with E-state index in [1.54, 1.807) is 17.3 Å². The minimum Gasteiger partial charge on any atom is -0.375 e. The third-order valence-electron chi connectivity index (χ3n) is 3.15. The molecule has 0 aliphatic carbocycles. The quantitative estimate of drug-likeness (QED) is 0.884. The van der Waals surface area contributed by atoms with Crippen LogP contribution in [-0.2, 0) is 19.5 Å². The van der Waals surface area contributed by atoms with Crippen LogP contribution in [0.25, 0.3) is 0 Å². The van der Waals surface area contributed by atoms with Crippen LogP contribution in [0.2, 0.25) is 0 Å². The number of rotatable bonds is 3. The van der Waals surface area contributed by atoms with Crippen LogP contribution in [0.4, 0.5) is 5.13 Å². The first-order valence-electron chi connectivity index (χ1n) is 6.02. The number of carbonyl (C=O) groups excluding carboxylic acids is 1. The second kappa shape index (κ2) is 4.61. The molecule has 0 fully saturated rings. The van der Waals surface area contributed by atoms with Gasteiger partial charge in [-0.05, 0) is 6.42 Å². The maximum Gasteiger partial charge on any atom is 0.273 e. The third kappa shape index (κ3) is 2.19. The van der Waals surface area contributed by atoms with E-state index in [0.717, 1.165) is 31.0 Å². The molecule has 0 bridgehead atoms. The summed E-state index contributed by atoms with van der Waals surface area (Å²) in [5.74, 6) is 1.68. The highest BCUT2D eigenvalue weighted by Gasteiger charge is 2.21. The smallest absolute Gasteiger partial charge is 0.273 e. The molecule has 0 radical (unpaired) electrons. The molecule has 19 heavy (non-hydrogen) atoms. The molecule has 2 aromatic rings. The molecule has 1 amide bonds. The molecule has 7 nitrogen and oxygen atoms in total. The molecule has 0 unspecified atom stereocenters. The van der Waals surface area contributed by atoms with Gasteiger partial charge in [0.05, 0.1) is 6.54 Å². The minimum atomic E-state index is -0.150. The van der Waals surface area contributed by atoms with Crippen LogP contribution < -0.4 is 5.73 Å². The predicted molar refractivity (Wildman–Crippen MR) is 70.7 cm³/mol. The molecular formula is C11H14N6OS. The van der Waals surface area contributed by atoms with Crippen LogP contribution >= 0.6 is 11.3 Å². The number of hydrogen-bond acceptors (Lipinski definition) is 6. The van der Waals surface area contributed by atoms with Gasteiger partial charge in [-0.3, -0.25) is 4.79 Å². The Morgan fingerprint density at radius 2 is 2.42 bits per heavy atom. The van der Waals surface area contributed by atoms with Crippen molar-refractivity contribution in [3.05, 3.63) is 22.7 Å². The van der Waals surface area contributed by atoms with Gasteiger partial charge >= 0.3 is 0 Å². The molecule has 8 heteroatoms. The van der Waals surface area contributed by atoms with Crippen molar-refractivity contribution < 1.29 is 4.79 Å². The van der Waals surface area contributed by atoms with Crippen molar-refractivity contribution >= 4 is 22.4 Å². The summed E-state index contributed by atoms with van der Waals surface area (Å²) in [5, 5.41) is 10.3. The van der Waals surface area contributed by atoms with Crippen LogP contribution in [0.15, 0.2) is 5.38 Å². The number of amides is 1. The molecule has 0 aromatic carbocycles. The standard InChI is InChI=1S/C11H14N6OS/c1-16(10(18)7-6-19-11(12)13-7)5-9-15-14-8-3-2-4-17(8)9/h6H,2-5H2,1H3,(H2,12,13). The van der Waals surface area contributed by atoms with E-state index >= 15 is 0 Å². The summed E-state index contributed by atoms with van der Waals surface area (Å²) in [4.78, 5) is 17.7. The van der Waals surface area contributed by atoms with Gasteiger partial charge in [0.2, 0.25) is 0 Å². The van der Waals surface area contributed by atoms with E-state index in [9.17, 15) is 4.79 Å². The fourth-order valence-electron chi connectivity index (χ4n) is 2.19. The first-order valence-corrected chi connectivity index (χ1v) is 6.90. The topological polar surface area (TPSA) is 89.9 Å². The minimum absolute atomic E-state index is 0.150. The number of fused-ring (bicyclic) bond motifs is 1. The Morgan fingerprint density at radius 3 is 3.16 bits per heavy atom. The van der Waals surface area contributed by atoms with Gasteiger partial charge in [0.15, 0.2) is 11.0 Å². The molecule has 0 saturated heterocycles. The highest BCUT2D eigenvalue weighted by Crippen LogP contribution is 2.17. The number of thiazole rings is 1. The van der Waals surface area contributed by atoms with Gasteiger partial charge in [0.1, 0.15) is 11.5 Å². The van der Waals surface area contributed by atoms with Gasteiger partial charge in [-0.15, -0.1) is 21.5 Å². The van der Waals surface area contributed by atoms with E-state index in [1.807, 2.05) is 0 Å². The maximum atomic E-state index is 12.1. The van der Waals surface area contributed by atoms with Crippen LogP contribution in [0.5, 0.6) is 0 Å². The first-order chi connectivity index (χ1) is 9.15. The SMILES string of the molecule is CN(Cc1nnc2n1CCC2)C(=O)c1csc(N)n1. The lowest BCUT2D eigenvalue weighted by atomic mass is 10.4. The fraction of sp³-hybridized carbons (Fsp3) is 0.455. The van der Waals surface area contributed by atoms with Crippen molar-refractivity contribution in [3.63, 3.8) is 0 Å². The predicted octanol–water partition coefficient (Wildman–Crippen LogP) is 0.535. The van der Waals surface area contributed by atoms with E-state index in [0.29, 0.717) is 17.4 Å². The second-order valence-corrected chi connectivity index (χ2v) is 5.41. The molecule has 100 valence electrons. The number of nitrogen functional groups attached to an aromatic ring is 1. The number of nitrogens with zero attached hydrogens (tertiary/aromatic N) is 5. The first kappa shape index (κ1) is 12.1. The third-order valence-corrected chi connectivity index (χ3v) is 3.83. The Kier molecular flexibility index (Phi) is 2.94. The number of aromatic nitrogens is 4. The lowest BCUT2D eigenvalue weighted by Crippen LogP contribution is -2.28. The molecule has 1 aliphatic heterocycles. The summed E-state index contributed by atoms with van der Waals surface area (Å²) in [6.45, 7) is 1.37. The van der Waals surface area contributed by atoms with E-state index in [-0.39, 0.29) is 5.91 Å². The molecule has 3 heterocycles. The number of carbonyl (C=O) groups is 1. The molecule has 1 aliphatic rings. The largest absolute Gasteiger partial charge is 0.375 e. The summed E-state index contributed by atoms with van der Waals surface area (Å²) < 4.78 is 2.08. The molecule has 2 N–H and O–H groups in total. The van der Waals surface area contributed by atoms with Crippen molar-refractivity contribution in [2.75, 3.05) is 12.8 Å². The maximum absolute atomic E-state index is 12.1. The van der Waals surface area contributed by atoms with Gasteiger partial charge in [-0.2, -0.15) is 0 Å². The molecule has 0 spiro atoms. The summed E-state index contributed by atoms with van der Waals surface area (Å²) in [7, 11) is 1.73. The summed E-state index contributed by atoms with van der Waals surface area (Å²) in [6, 6.07) is 0. The van der Waals surface area contributed by atoms with E-state index in [2.05, 4.69) is 19.7 Å². The average molecular weight is 278 g/mol. The lowest BCUT2D eigenvalue weighted by Gasteiger charge is -2.15. The Balaban J connectivity index is 1.74. The van der Waals surface area contributed by atoms with Crippen molar-refractivity contribution in [2.24, 2.45) is 0 Å². The summed E-state index contributed by atoms with van der Waals surface area (Å²) >= 11 is 1.26. The van der Waals surface area contributed by atoms with Crippen molar-refractivity contribution in [2.45, 2.75) is 25.9 Å². The van der Waals surface area contributed by atoms with Crippen molar-refractivity contribution in [1.82, 2.24) is 24.6 Å². The zero-order valence-electron chi connectivity index (χ0n) is 10.5. The Bertz CT molecular complexity index is 618. The van der Waals surface area contributed by atoms with Crippen LogP contribution in [0, 0.1) is 0 Å². The van der Waals surface area contributed by atoms with Gasteiger partial charge in [-0.25, -0.2) is 4.98 Å². The van der Waals surface area contributed by atoms with Crippen molar-refractivity contribution in [3.8, 4) is 0 Å². The second-order valence-electron chi connectivity index (χ2n) is 4.52. The zero-order chi connectivity index (χ0) is 13.4. The molecule has 2 aromatic heterocycles. The molecule has 0 saturated carbocycles. The monoisotopic (exact) mass is 278 g/mol. The van der Waals surface area contributed by atoms with Gasteiger partial charge in [0, 0.05) is 25.4 Å². The van der Waals surface area contributed by atoms with Crippen LogP contribution in [0.3, 0.4) is 0 Å². The molecule has 0 atom stereocenters. The zero-order valence-corrected chi connectivity index (χ0v) is 11.4. The number of aryl methyl sites for hydroxylation is 1. The summed E-state index contributed by atoms with van der Waals surface area (Å²) in [5.41, 5.74) is 5.92. The van der Waals surface area contributed by atoms with Gasteiger partial charge in [0.25, 0.3) is 5.91 Å². The number of nitrogens with two attached hydrogens (primary N) is 1. The average Bonchev–Trinajstić information content (AvgIpc) is 3.06.